The third kappa shape index (κ3) is 3.20. The number of hydrogen-bond acceptors (Lipinski definition) is 3. The van der Waals surface area contributed by atoms with E-state index in [4.69, 9.17) is 4.74 Å². The predicted octanol–water partition coefficient (Wildman–Crippen LogP) is 2.33. The Morgan fingerprint density at radius 3 is 2.81 bits per heavy atom. The molecule has 1 aromatic heterocycles. The molecule has 1 saturated carbocycles. The van der Waals surface area contributed by atoms with Crippen molar-refractivity contribution in [1.29, 1.82) is 0 Å². The summed E-state index contributed by atoms with van der Waals surface area (Å²) in [5.41, 5.74) is 0.606. The van der Waals surface area contributed by atoms with Crippen molar-refractivity contribution in [1.82, 2.24) is 4.98 Å². The van der Waals surface area contributed by atoms with Crippen LogP contribution in [-0.4, -0.2) is 21.8 Å². The Labute approximate surface area is 96.5 Å². The van der Waals surface area contributed by atoms with Crippen molar-refractivity contribution >= 4 is 0 Å². The SMILES string of the molecule is CC(C)Oc1cccc(CCC2(O)CC2)n1. The highest BCUT2D eigenvalue weighted by Crippen LogP contribution is 2.39. The molecule has 0 saturated heterocycles. The summed E-state index contributed by atoms with van der Waals surface area (Å²) in [5, 5.41) is 9.75. The first-order valence-electron chi connectivity index (χ1n) is 5.92. The molecule has 0 bridgehead atoms. The number of pyridine rings is 1. The maximum Gasteiger partial charge on any atom is 0.213 e. The van der Waals surface area contributed by atoms with Crippen LogP contribution in [0.5, 0.6) is 5.88 Å². The van der Waals surface area contributed by atoms with Gasteiger partial charge in [-0.25, -0.2) is 4.98 Å². The van der Waals surface area contributed by atoms with E-state index in [1.807, 2.05) is 32.0 Å². The van der Waals surface area contributed by atoms with Gasteiger partial charge in [0.2, 0.25) is 5.88 Å². The topological polar surface area (TPSA) is 42.4 Å². The minimum atomic E-state index is -0.392. The Morgan fingerprint density at radius 2 is 2.19 bits per heavy atom. The third-order valence-electron chi connectivity index (χ3n) is 2.81. The van der Waals surface area contributed by atoms with E-state index in [2.05, 4.69) is 4.98 Å². The quantitative estimate of drug-likeness (QED) is 0.829. The van der Waals surface area contributed by atoms with E-state index in [0.29, 0.717) is 5.88 Å². The molecule has 0 aromatic carbocycles. The number of hydrogen-bond donors (Lipinski definition) is 1. The van der Waals surface area contributed by atoms with E-state index in [0.717, 1.165) is 31.4 Å². The Bertz CT molecular complexity index is 359. The van der Waals surface area contributed by atoms with E-state index < -0.39 is 5.60 Å². The van der Waals surface area contributed by atoms with Crippen LogP contribution in [0.4, 0.5) is 0 Å². The van der Waals surface area contributed by atoms with Gasteiger partial charge in [-0.2, -0.15) is 0 Å². The smallest absolute Gasteiger partial charge is 0.213 e. The molecular weight excluding hydrogens is 202 g/mol. The van der Waals surface area contributed by atoms with E-state index in [9.17, 15) is 5.11 Å². The molecule has 3 nitrogen and oxygen atoms in total. The van der Waals surface area contributed by atoms with Crippen LogP contribution in [0.15, 0.2) is 18.2 Å². The first-order valence-corrected chi connectivity index (χ1v) is 5.92. The summed E-state index contributed by atoms with van der Waals surface area (Å²) in [6.07, 6.45) is 3.66. The van der Waals surface area contributed by atoms with Gasteiger partial charge in [-0.1, -0.05) is 6.07 Å². The highest BCUT2D eigenvalue weighted by Gasteiger charge is 2.39. The second kappa shape index (κ2) is 4.42. The van der Waals surface area contributed by atoms with Gasteiger partial charge < -0.3 is 9.84 Å². The zero-order chi connectivity index (χ0) is 11.6. The van der Waals surface area contributed by atoms with E-state index in [1.54, 1.807) is 0 Å². The molecule has 1 aliphatic carbocycles. The molecule has 0 spiro atoms. The van der Waals surface area contributed by atoms with Crippen LogP contribution >= 0.6 is 0 Å². The summed E-state index contributed by atoms with van der Waals surface area (Å²) < 4.78 is 5.53. The van der Waals surface area contributed by atoms with Gasteiger partial charge in [-0.05, 0) is 45.6 Å². The number of aryl methyl sites for hydroxylation is 1. The molecule has 1 aliphatic rings. The summed E-state index contributed by atoms with van der Waals surface area (Å²) in [7, 11) is 0. The Hall–Kier alpha value is -1.09. The van der Waals surface area contributed by atoms with Crippen molar-refractivity contribution < 1.29 is 9.84 Å². The highest BCUT2D eigenvalue weighted by atomic mass is 16.5. The van der Waals surface area contributed by atoms with Crippen molar-refractivity contribution in [2.45, 2.75) is 51.2 Å². The molecule has 1 fully saturated rings. The van der Waals surface area contributed by atoms with Gasteiger partial charge in [0.15, 0.2) is 0 Å². The molecule has 2 rings (SSSR count). The van der Waals surface area contributed by atoms with E-state index in [1.165, 1.54) is 0 Å². The van der Waals surface area contributed by atoms with Crippen LogP contribution in [0.3, 0.4) is 0 Å². The maximum atomic E-state index is 9.75. The fourth-order valence-corrected chi connectivity index (χ4v) is 1.66. The zero-order valence-corrected chi connectivity index (χ0v) is 9.94. The number of aliphatic hydroxyl groups is 1. The number of rotatable bonds is 5. The molecule has 0 unspecified atom stereocenters. The van der Waals surface area contributed by atoms with Crippen molar-refractivity contribution in [2.24, 2.45) is 0 Å². The second-order valence-electron chi connectivity index (χ2n) is 4.86. The lowest BCUT2D eigenvalue weighted by Gasteiger charge is -2.10. The molecule has 1 heterocycles. The predicted molar refractivity (Wildman–Crippen MR) is 62.5 cm³/mol. The van der Waals surface area contributed by atoms with Gasteiger partial charge in [-0.15, -0.1) is 0 Å². The monoisotopic (exact) mass is 221 g/mol. The minimum absolute atomic E-state index is 0.148. The third-order valence-corrected chi connectivity index (χ3v) is 2.81. The molecule has 0 radical (unpaired) electrons. The first-order chi connectivity index (χ1) is 7.57. The van der Waals surface area contributed by atoms with Crippen molar-refractivity contribution in [3.8, 4) is 5.88 Å². The average molecular weight is 221 g/mol. The van der Waals surface area contributed by atoms with Gasteiger partial charge in [0, 0.05) is 11.8 Å². The molecule has 16 heavy (non-hydrogen) atoms. The minimum Gasteiger partial charge on any atom is -0.475 e. The van der Waals surface area contributed by atoms with Crippen molar-refractivity contribution in [3.05, 3.63) is 23.9 Å². The summed E-state index contributed by atoms with van der Waals surface area (Å²) in [6.45, 7) is 3.97. The molecule has 0 atom stereocenters. The Morgan fingerprint density at radius 1 is 1.44 bits per heavy atom. The van der Waals surface area contributed by atoms with Gasteiger partial charge in [0.25, 0.3) is 0 Å². The largest absolute Gasteiger partial charge is 0.475 e. The number of ether oxygens (including phenoxy) is 1. The number of aromatic nitrogens is 1. The van der Waals surface area contributed by atoms with Crippen LogP contribution in [0, 0.1) is 0 Å². The lowest BCUT2D eigenvalue weighted by molar-refractivity contribution is 0.140. The van der Waals surface area contributed by atoms with E-state index in [-0.39, 0.29) is 6.10 Å². The van der Waals surface area contributed by atoms with E-state index >= 15 is 0 Å². The second-order valence-corrected chi connectivity index (χ2v) is 4.86. The zero-order valence-electron chi connectivity index (χ0n) is 9.94. The van der Waals surface area contributed by atoms with Gasteiger partial charge in [0.05, 0.1) is 11.7 Å². The van der Waals surface area contributed by atoms with Gasteiger partial charge in [-0.3, -0.25) is 0 Å². The van der Waals surface area contributed by atoms with Gasteiger partial charge in [0.1, 0.15) is 0 Å². The Balaban J connectivity index is 1.93. The molecule has 0 aliphatic heterocycles. The van der Waals surface area contributed by atoms with Gasteiger partial charge >= 0.3 is 0 Å². The van der Waals surface area contributed by atoms with Crippen LogP contribution in [0.2, 0.25) is 0 Å². The summed E-state index contributed by atoms with van der Waals surface area (Å²) >= 11 is 0. The normalized spacial score (nSPS) is 17.5. The molecule has 0 amide bonds. The van der Waals surface area contributed by atoms with Crippen LogP contribution in [-0.2, 0) is 6.42 Å². The average Bonchev–Trinajstić information content (AvgIpc) is 2.94. The fraction of sp³-hybridized carbons (Fsp3) is 0.615. The fourth-order valence-electron chi connectivity index (χ4n) is 1.66. The summed E-state index contributed by atoms with van der Waals surface area (Å²) in [5.74, 6) is 0.676. The van der Waals surface area contributed by atoms with Crippen molar-refractivity contribution in [3.63, 3.8) is 0 Å². The van der Waals surface area contributed by atoms with Crippen LogP contribution in [0.25, 0.3) is 0 Å². The highest BCUT2D eigenvalue weighted by molar-refractivity contribution is 5.16. The molecule has 88 valence electrons. The van der Waals surface area contributed by atoms with Crippen LogP contribution < -0.4 is 4.74 Å². The molecule has 1 aromatic rings. The summed E-state index contributed by atoms with van der Waals surface area (Å²) in [4.78, 5) is 4.41. The number of nitrogens with zero attached hydrogens (tertiary/aromatic N) is 1. The summed E-state index contributed by atoms with van der Waals surface area (Å²) in [6, 6.07) is 5.81. The lowest BCUT2D eigenvalue weighted by atomic mass is 10.1. The lowest BCUT2D eigenvalue weighted by Crippen LogP contribution is -2.10. The molecule has 3 heteroatoms. The molecular formula is C13H19NO2. The van der Waals surface area contributed by atoms with Crippen molar-refractivity contribution in [2.75, 3.05) is 0 Å². The van der Waals surface area contributed by atoms with Crippen LogP contribution in [0.1, 0.15) is 38.8 Å². The first kappa shape index (κ1) is 11.4. The standard InChI is InChI=1S/C13H19NO2/c1-10(2)16-12-5-3-4-11(14-12)6-7-13(15)8-9-13/h3-5,10,15H,6-9H2,1-2H3. The molecule has 1 N–H and O–H groups in total. The maximum absolute atomic E-state index is 9.75. The Kier molecular flexibility index (Phi) is 3.15.